The van der Waals surface area contributed by atoms with Gasteiger partial charge in [-0.1, -0.05) is 48.5 Å². The van der Waals surface area contributed by atoms with E-state index in [0.717, 1.165) is 22.3 Å². The average molecular weight is 464 g/mol. The van der Waals surface area contributed by atoms with Gasteiger partial charge in [0.2, 0.25) is 5.91 Å². The molecule has 33 heavy (non-hydrogen) atoms. The molecule has 1 unspecified atom stereocenters. The minimum absolute atomic E-state index is 0.0491. The summed E-state index contributed by atoms with van der Waals surface area (Å²) in [6, 6.07) is 12.2. The molecule has 2 atom stereocenters. The number of nitrogens with one attached hydrogen (secondary N) is 2. The fourth-order valence-corrected chi connectivity index (χ4v) is 3.85. The Balaban J connectivity index is 1.53. The number of amides is 2. The Labute approximate surface area is 187 Å². The zero-order valence-electron chi connectivity index (χ0n) is 17.7. The Kier molecular flexibility index (Phi) is 7.25. The highest BCUT2D eigenvalue weighted by atomic mass is 19.4. The van der Waals surface area contributed by atoms with Crippen LogP contribution in [0.15, 0.2) is 48.5 Å². The van der Waals surface area contributed by atoms with Crippen LogP contribution in [0.2, 0.25) is 0 Å². The van der Waals surface area contributed by atoms with Gasteiger partial charge in [-0.15, -0.1) is 0 Å². The number of aliphatic carboxylic acids is 1. The van der Waals surface area contributed by atoms with Crippen molar-refractivity contribution in [2.75, 3.05) is 6.61 Å². The highest BCUT2D eigenvalue weighted by molar-refractivity contribution is 5.80. The van der Waals surface area contributed by atoms with Crippen molar-refractivity contribution in [3.8, 4) is 11.1 Å². The number of hydrogen-bond acceptors (Lipinski definition) is 4. The van der Waals surface area contributed by atoms with Crippen molar-refractivity contribution in [2.24, 2.45) is 0 Å². The van der Waals surface area contributed by atoms with E-state index >= 15 is 0 Å². The molecule has 0 heterocycles. The molecule has 2 amide bonds. The molecule has 0 fully saturated rings. The smallest absolute Gasteiger partial charge is 0.409 e. The maximum atomic E-state index is 12.9. The monoisotopic (exact) mass is 464 g/mol. The van der Waals surface area contributed by atoms with Gasteiger partial charge in [-0.2, -0.15) is 13.2 Å². The predicted octanol–water partition coefficient (Wildman–Crippen LogP) is 3.83. The van der Waals surface area contributed by atoms with Gasteiger partial charge in [-0.05, 0) is 29.2 Å². The van der Waals surface area contributed by atoms with Gasteiger partial charge in [0, 0.05) is 18.4 Å². The number of carbonyl (C=O) groups excluding carboxylic acids is 2. The number of fused-ring (bicyclic) bond motifs is 3. The number of carbonyl (C=O) groups is 3. The molecule has 3 rings (SSSR count). The molecule has 0 aliphatic heterocycles. The van der Waals surface area contributed by atoms with Crippen molar-refractivity contribution in [3.05, 3.63) is 59.7 Å². The second kappa shape index (κ2) is 9.93. The summed E-state index contributed by atoms with van der Waals surface area (Å²) in [4.78, 5) is 34.8. The highest BCUT2D eigenvalue weighted by Gasteiger charge is 2.42. The molecular weight excluding hydrogens is 441 g/mol. The number of hydrogen-bond donors (Lipinski definition) is 3. The van der Waals surface area contributed by atoms with E-state index in [1.54, 1.807) is 5.32 Å². The second-order valence-electron chi connectivity index (χ2n) is 7.83. The average Bonchev–Trinajstić information content (AvgIpc) is 3.04. The van der Waals surface area contributed by atoms with E-state index < -0.39 is 49.1 Å². The van der Waals surface area contributed by atoms with Crippen molar-refractivity contribution in [2.45, 2.75) is 43.9 Å². The number of benzene rings is 2. The highest BCUT2D eigenvalue weighted by Crippen LogP contribution is 2.44. The summed E-state index contributed by atoms with van der Waals surface area (Å²) in [7, 11) is 0. The predicted molar refractivity (Wildman–Crippen MR) is 113 cm³/mol. The van der Waals surface area contributed by atoms with Crippen LogP contribution in [0.3, 0.4) is 0 Å². The van der Waals surface area contributed by atoms with Crippen molar-refractivity contribution in [1.82, 2.24) is 10.6 Å². The molecule has 2 aromatic rings. The molecular formula is C23H23F3N2O5. The van der Waals surface area contributed by atoms with E-state index in [1.165, 1.54) is 6.92 Å². The maximum absolute atomic E-state index is 12.9. The van der Waals surface area contributed by atoms with E-state index in [-0.39, 0.29) is 12.5 Å². The van der Waals surface area contributed by atoms with Crippen LogP contribution in [-0.4, -0.2) is 47.9 Å². The zero-order valence-corrected chi connectivity index (χ0v) is 17.7. The molecule has 0 radical (unpaired) electrons. The molecule has 0 aromatic heterocycles. The number of ether oxygens (including phenoxy) is 1. The number of carboxylic acids is 1. The first kappa shape index (κ1) is 24.1. The van der Waals surface area contributed by atoms with Crippen LogP contribution in [0, 0.1) is 0 Å². The summed E-state index contributed by atoms with van der Waals surface area (Å²) in [5.74, 6) is -2.89. The van der Waals surface area contributed by atoms with E-state index in [4.69, 9.17) is 9.84 Å². The number of rotatable bonds is 8. The normalized spacial score (nSPS) is 14.5. The molecule has 0 saturated carbocycles. The Morgan fingerprint density at radius 3 is 2.03 bits per heavy atom. The van der Waals surface area contributed by atoms with Crippen molar-refractivity contribution >= 4 is 18.0 Å². The first-order valence-corrected chi connectivity index (χ1v) is 10.3. The molecule has 10 heteroatoms. The minimum Gasteiger partial charge on any atom is -0.481 e. The van der Waals surface area contributed by atoms with Gasteiger partial charge in [0.15, 0.2) is 0 Å². The standard InChI is InChI=1S/C23H23F3N2O5/c1-13(10-20(29)28-19(11-21(30)31)23(24,25)26)27-22(32)33-12-18-16-8-4-2-6-14(16)15-7-3-5-9-17(15)18/h2-9,13,18-19H,10-12H2,1H3,(H,27,32)(H,28,29)(H,30,31)/t13-,19?/m0/s1. The van der Waals surface area contributed by atoms with Gasteiger partial charge in [-0.3, -0.25) is 9.59 Å². The zero-order chi connectivity index (χ0) is 24.2. The van der Waals surface area contributed by atoms with E-state index in [0.29, 0.717) is 0 Å². The first-order valence-electron chi connectivity index (χ1n) is 10.3. The van der Waals surface area contributed by atoms with Crippen LogP contribution in [0.25, 0.3) is 11.1 Å². The molecule has 7 nitrogen and oxygen atoms in total. The Morgan fingerprint density at radius 2 is 1.52 bits per heavy atom. The Hall–Kier alpha value is -3.56. The lowest BCUT2D eigenvalue weighted by Gasteiger charge is -2.21. The van der Waals surface area contributed by atoms with Crippen LogP contribution in [-0.2, 0) is 14.3 Å². The van der Waals surface area contributed by atoms with E-state index in [9.17, 15) is 27.6 Å². The third kappa shape index (κ3) is 6.03. The van der Waals surface area contributed by atoms with Gasteiger partial charge >= 0.3 is 18.2 Å². The van der Waals surface area contributed by atoms with Crippen LogP contribution in [0.5, 0.6) is 0 Å². The summed E-state index contributed by atoms with van der Waals surface area (Å²) in [5, 5.41) is 12.7. The van der Waals surface area contributed by atoms with Gasteiger partial charge in [-0.25, -0.2) is 4.79 Å². The summed E-state index contributed by atoms with van der Waals surface area (Å²) in [6.07, 6.45) is -7.48. The number of halogens is 3. The van der Waals surface area contributed by atoms with Crippen molar-refractivity contribution in [3.63, 3.8) is 0 Å². The maximum Gasteiger partial charge on any atom is 0.409 e. The van der Waals surface area contributed by atoms with Gasteiger partial charge in [0.05, 0.1) is 6.42 Å². The summed E-state index contributed by atoms with van der Waals surface area (Å²) >= 11 is 0. The molecule has 0 saturated heterocycles. The fourth-order valence-electron chi connectivity index (χ4n) is 3.85. The van der Waals surface area contributed by atoms with Crippen LogP contribution in [0.4, 0.5) is 18.0 Å². The van der Waals surface area contributed by atoms with E-state index in [2.05, 4.69) is 5.32 Å². The molecule has 0 bridgehead atoms. The third-order valence-electron chi connectivity index (χ3n) is 5.31. The lowest BCUT2D eigenvalue weighted by molar-refractivity contribution is -0.170. The molecule has 3 N–H and O–H groups in total. The Morgan fingerprint density at radius 1 is 0.970 bits per heavy atom. The fraction of sp³-hybridized carbons (Fsp3) is 0.348. The molecule has 1 aliphatic rings. The summed E-state index contributed by atoms with van der Waals surface area (Å²) in [5.41, 5.74) is 4.17. The first-order chi connectivity index (χ1) is 15.6. The minimum atomic E-state index is -4.91. The number of alkyl halides is 3. The SMILES string of the molecule is C[C@@H](CC(=O)NC(CC(=O)O)C(F)(F)F)NC(=O)OCC1c2ccccc2-c2ccccc21. The Bertz CT molecular complexity index is 995. The topological polar surface area (TPSA) is 105 Å². The van der Waals surface area contributed by atoms with Gasteiger partial charge < -0.3 is 20.5 Å². The lowest BCUT2D eigenvalue weighted by Crippen LogP contribution is -2.48. The van der Waals surface area contributed by atoms with Gasteiger partial charge in [0.25, 0.3) is 0 Å². The van der Waals surface area contributed by atoms with Crippen LogP contribution >= 0.6 is 0 Å². The second-order valence-corrected chi connectivity index (χ2v) is 7.83. The van der Waals surface area contributed by atoms with E-state index in [1.807, 2.05) is 48.5 Å². The summed E-state index contributed by atoms with van der Waals surface area (Å²) < 4.78 is 44.0. The molecule has 0 spiro atoms. The lowest BCUT2D eigenvalue weighted by atomic mass is 9.98. The van der Waals surface area contributed by atoms with Gasteiger partial charge in [0.1, 0.15) is 12.6 Å². The largest absolute Gasteiger partial charge is 0.481 e. The molecule has 2 aromatic carbocycles. The molecule has 1 aliphatic carbocycles. The third-order valence-corrected chi connectivity index (χ3v) is 5.31. The number of carboxylic acid groups (broad SMARTS) is 1. The van der Waals surface area contributed by atoms with Crippen molar-refractivity contribution in [1.29, 1.82) is 0 Å². The van der Waals surface area contributed by atoms with Crippen LogP contribution < -0.4 is 10.6 Å². The van der Waals surface area contributed by atoms with Crippen molar-refractivity contribution < 1.29 is 37.4 Å². The molecule has 176 valence electrons. The quantitative estimate of drug-likeness (QED) is 0.551. The number of alkyl carbamates (subject to hydrolysis) is 1. The summed E-state index contributed by atoms with van der Waals surface area (Å²) in [6.45, 7) is 1.48. The van der Waals surface area contributed by atoms with Crippen LogP contribution in [0.1, 0.15) is 36.8 Å².